The number of nitrogens with zero attached hydrogens (tertiary/aromatic N) is 1. The van der Waals surface area contributed by atoms with Gasteiger partial charge in [-0.15, -0.1) is 0 Å². The Morgan fingerprint density at radius 2 is 1.50 bits per heavy atom. The Kier molecular flexibility index (Phi) is 5.38. The predicted octanol–water partition coefficient (Wildman–Crippen LogP) is 4.26. The standard InChI is InChI=1S/C25H29NO4/c27-23-13-18-15-26(25(28)17-5-4-6-17)16-19(18)14-24(23)30-22-11-9-21(10-12-22)29-20-7-2-1-3-8-20/h1-3,7-12,17-19,23-24,27H,4-6,13-16H2/t18-,19+,23+,24+/m0/s1. The van der Waals surface area contributed by atoms with Crippen LogP contribution in [0.15, 0.2) is 54.6 Å². The maximum Gasteiger partial charge on any atom is 0.225 e. The van der Waals surface area contributed by atoms with Crippen molar-refractivity contribution in [2.24, 2.45) is 17.8 Å². The third-order valence-electron chi connectivity index (χ3n) is 6.94. The zero-order chi connectivity index (χ0) is 20.5. The van der Waals surface area contributed by atoms with E-state index in [4.69, 9.17) is 9.47 Å². The van der Waals surface area contributed by atoms with Gasteiger partial charge in [0.05, 0.1) is 6.10 Å². The van der Waals surface area contributed by atoms with E-state index in [1.807, 2.05) is 59.5 Å². The molecule has 30 heavy (non-hydrogen) atoms. The van der Waals surface area contributed by atoms with Crippen LogP contribution in [0.3, 0.4) is 0 Å². The molecule has 0 unspecified atom stereocenters. The van der Waals surface area contributed by atoms with E-state index in [1.165, 1.54) is 6.42 Å². The Labute approximate surface area is 177 Å². The predicted molar refractivity (Wildman–Crippen MR) is 114 cm³/mol. The van der Waals surface area contributed by atoms with E-state index in [1.54, 1.807) is 0 Å². The van der Waals surface area contributed by atoms with Gasteiger partial charge in [-0.25, -0.2) is 0 Å². The Morgan fingerprint density at radius 1 is 0.867 bits per heavy atom. The van der Waals surface area contributed by atoms with Crippen LogP contribution in [-0.2, 0) is 4.79 Å². The van der Waals surface area contributed by atoms with Gasteiger partial charge in [0.2, 0.25) is 5.91 Å². The number of benzene rings is 2. The Morgan fingerprint density at radius 3 is 2.17 bits per heavy atom. The van der Waals surface area contributed by atoms with Crippen LogP contribution in [0, 0.1) is 17.8 Å². The summed E-state index contributed by atoms with van der Waals surface area (Å²) in [5.74, 6) is 3.67. The summed E-state index contributed by atoms with van der Waals surface area (Å²) in [4.78, 5) is 14.7. The van der Waals surface area contributed by atoms with Crippen LogP contribution in [0.2, 0.25) is 0 Å². The number of hydrogen-bond donors (Lipinski definition) is 1. The summed E-state index contributed by atoms with van der Waals surface area (Å²) >= 11 is 0. The minimum Gasteiger partial charge on any atom is -0.488 e. The molecule has 1 heterocycles. The molecular weight excluding hydrogens is 378 g/mol. The molecule has 0 bridgehead atoms. The smallest absolute Gasteiger partial charge is 0.225 e. The molecule has 2 aliphatic carbocycles. The van der Waals surface area contributed by atoms with E-state index in [9.17, 15) is 9.90 Å². The molecule has 3 aliphatic rings. The number of carbonyl (C=O) groups is 1. The van der Waals surface area contributed by atoms with Crippen molar-refractivity contribution in [2.45, 2.75) is 44.3 Å². The van der Waals surface area contributed by atoms with Gasteiger partial charge >= 0.3 is 0 Å². The molecule has 5 rings (SSSR count). The van der Waals surface area contributed by atoms with E-state index in [0.717, 1.165) is 49.6 Å². The highest BCUT2D eigenvalue weighted by Crippen LogP contribution is 2.40. The largest absolute Gasteiger partial charge is 0.488 e. The first-order chi connectivity index (χ1) is 14.7. The second-order valence-corrected chi connectivity index (χ2v) is 8.97. The van der Waals surface area contributed by atoms with E-state index in [2.05, 4.69) is 0 Å². The summed E-state index contributed by atoms with van der Waals surface area (Å²) in [6, 6.07) is 17.2. The minimum atomic E-state index is -0.495. The molecule has 2 aromatic carbocycles. The average molecular weight is 408 g/mol. The second-order valence-electron chi connectivity index (χ2n) is 8.97. The molecule has 5 heteroatoms. The van der Waals surface area contributed by atoms with Gasteiger partial charge in [-0.3, -0.25) is 4.79 Å². The fourth-order valence-electron chi connectivity index (χ4n) is 5.00. The number of carbonyl (C=O) groups excluding carboxylic acids is 1. The van der Waals surface area contributed by atoms with Crippen LogP contribution in [0.25, 0.3) is 0 Å². The molecule has 1 N–H and O–H groups in total. The average Bonchev–Trinajstić information content (AvgIpc) is 3.12. The highest BCUT2D eigenvalue weighted by atomic mass is 16.5. The van der Waals surface area contributed by atoms with Gasteiger partial charge in [0.15, 0.2) is 0 Å². The number of para-hydroxylation sites is 1. The lowest BCUT2D eigenvalue weighted by Crippen LogP contribution is -2.42. The van der Waals surface area contributed by atoms with Gasteiger partial charge in [-0.05, 0) is 73.9 Å². The summed E-state index contributed by atoms with van der Waals surface area (Å²) in [7, 11) is 0. The Bertz CT molecular complexity index is 864. The van der Waals surface area contributed by atoms with Gasteiger partial charge in [0.1, 0.15) is 23.4 Å². The molecule has 1 saturated heterocycles. The van der Waals surface area contributed by atoms with Crippen LogP contribution in [0.4, 0.5) is 0 Å². The van der Waals surface area contributed by atoms with Crippen molar-refractivity contribution in [2.75, 3.05) is 13.1 Å². The number of likely N-dealkylation sites (tertiary alicyclic amines) is 1. The van der Waals surface area contributed by atoms with E-state index < -0.39 is 6.10 Å². The SMILES string of the molecule is O=C(C1CCC1)N1C[C@H]2C[C@@H](Oc3ccc(Oc4ccccc4)cc3)[C@H](O)C[C@H]2C1. The highest BCUT2D eigenvalue weighted by molar-refractivity contribution is 5.79. The molecule has 4 atom stereocenters. The third-order valence-corrected chi connectivity index (χ3v) is 6.94. The van der Waals surface area contributed by atoms with Crippen molar-refractivity contribution >= 4 is 5.91 Å². The number of fused-ring (bicyclic) bond motifs is 1. The van der Waals surface area contributed by atoms with Gasteiger partial charge < -0.3 is 19.5 Å². The minimum absolute atomic E-state index is 0.231. The lowest BCUT2D eigenvalue weighted by Gasteiger charge is -2.35. The summed E-state index contributed by atoms with van der Waals surface area (Å²) in [6.07, 6.45) is 4.05. The van der Waals surface area contributed by atoms with Crippen molar-refractivity contribution in [3.8, 4) is 17.2 Å². The van der Waals surface area contributed by atoms with Gasteiger partial charge in [0.25, 0.3) is 0 Å². The Hall–Kier alpha value is -2.53. The molecule has 0 spiro atoms. The van der Waals surface area contributed by atoms with Crippen LogP contribution in [0.5, 0.6) is 17.2 Å². The van der Waals surface area contributed by atoms with Gasteiger partial charge in [0, 0.05) is 19.0 Å². The maximum atomic E-state index is 12.6. The number of aliphatic hydroxyl groups excluding tert-OH is 1. The van der Waals surface area contributed by atoms with Crippen molar-refractivity contribution in [3.05, 3.63) is 54.6 Å². The van der Waals surface area contributed by atoms with Crippen LogP contribution in [-0.4, -0.2) is 41.2 Å². The van der Waals surface area contributed by atoms with Crippen LogP contribution < -0.4 is 9.47 Å². The fraction of sp³-hybridized carbons (Fsp3) is 0.480. The highest BCUT2D eigenvalue weighted by Gasteiger charge is 2.45. The van der Waals surface area contributed by atoms with Crippen molar-refractivity contribution in [1.29, 1.82) is 0 Å². The summed E-state index contributed by atoms with van der Waals surface area (Å²) in [6.45, 7) is 1.62. The molecule has 5 nitrogen and oxygen atoms in total. The van der Waals surface area contributed by atoms with E-state index >= 15 is 0 Å². The van der Waals surface area contributed by atoms with Crippen LogP contribution in [0.1, 0.15) is 32.1 Å². The third kappa shape index (κ3) is 4.04. The van der Waals surface area contributed by atoms with E-state index in [-0.39, 0.29) is 12.0 Å². The van der Waals surface area contributed by atoms with Crippen molar-refractivity contribution in [3.63, 3.8) is 0 Å². The summed E-state index contributed by atoms with van der Waals surface area (Å²) < 4.78 is 12.0. The monoisotopic (exact) mass is 407 g/mol. The number of hydrogen-bond acceptors (Lipinski definition) is 4. The molecule has 1 amide bonds. The quantitative estimate of drug-likeness (QED) is 0.805. The zero-order valence-corrected chi connectivity index (χ0v) is 17.2. The van der Waals surface area contributed by atoms with Crippen molar-refractivity contribution < 1.29 is 19.4 Å². The summed E-state index contributed by atoms with van der Waals surface area (Å²) in [5, 5.41) is 10.7. The molecule has 2 aromatic rings. The number of aliphatic hydroxyl groups is 1. The summed E-state index contributed by atoms with van der Waals surface area (Å²) in [5.41, 5.74) is 0. The number of amides is 1. The number of rotatable bonds is 5. The zero-order valence-electron chi connectivity index (χ0n) is 17.2. The molecular formula is C25H29NO4. The van der Waals surface area contributed by atoms with E-state index in [0.29, 0.717) is 24.2 Å². The first kappa shape index (κ1) is 19.4. The van der Waals surface area contributed by atoms with Crippen molar-refractivity contribution in [1.82, 2.24) is 4.90 Å². The lowest BCUT2D eigenvalue weighted by atomic mass is 9.78. The topological polar surface area (TPSA) is 59.0 Å². The second kappa shape index (κ2) is 8.31. The Balaban J connectivity index is 1.18. The normalized spacial score (nSPS) is 28.5. The first-order valence-electron chi connectivity index (χ1n) is 11.1. The van der Waals surface area contributed by atoms with Gasteiger partial charge in [-0.2, -0.15) is 0 Å². The molecule has 2 saturated carbocycles. The molecule has 0 radical (unpaired) electrons. The lowest BCUT2D eigenvalue weighted by molar-refractivity contribution is -0.137. The number of ether oxygens (including phenoxy) is 2. The fourth-order valence-corrected chi connectivity index (χ4v) is 5.00. The first-order valence-corrected chi connectivity index (χ1v) is 11.1. The van der Waals surface area contributed by atoms with Crippen LogP contribution >= 0.6 is 0 Å². The molecule has 3 fully saturated rings. The molecule has 158 valence electrons. The van der Waals surface area contributed by atoms with Gasteiger partial charge in [-0.1, -0.05) is 24.6 Å². The molecule has 1 aliphatic heterocycles. The maximum absolute atomic E-state index is 12.6. The molecule has 0 aromatic heterocycles.